The molecule has 1 amide bonds. The standard InChI is InChI=1S/C11H20N2O3/c1-15-5-4-12-7-11(14)13-9-6-8-2-3-10(9)16-8/h8-10,12H,2-7H2,1H3,(H,13,14). The van der Waals surface area contributed by atoms with Crippen molar-refractivity contribution in [2.75, 3.05) is 26.8 Å². The zero-order valence-corrected chi connectivity index (χ0v) is 9.70. The average molecular weight is 228 g/mol. The van der Waals surface area contributed by atoms with E-state index in [1.54, 1.807) is 7.11 Å². The van der Waals surface area contributed by atoms with Gasteiger partial charge in [-0.2, -0.15) is 0 Å². The van der Waals surface area contributed by atoms with Crippen molar-refractivity contribution >= 4 is 5.91 Å². The molecule has 0 aliphatic carbocycles. The Labute approximate surface area is 95.9 Å². The molecule has 92 valence electrons. The van der Waals surface area contributed by atoms with Crippen LogP contribution in [0.1, 0.15) is 19.3 Å². The minimum Gasteiger partial charge on any atom is -0.383 e. The van der Waals surface area contributed by atoms with Crippen molar-refractivity contribution in [1.82, 2.24) is 10.6 Å². The molecule has 2 aliphatic rings. The highest BCUT2D eigenvalue weighted by atomic mass is 16.5. The van der Waals surface area contributed by atoms with E-state index in [0.29, 0.717) is 25.8 Å². The lowest BCUT2D eigenvalue weighted by atomic mass is 9.95. The van der Waals surface area contributed by atoms with Crippen LogP contribution in [-0.2, 0) is 14.3 Å². The van der Waals surface area contributed by atoms with E-state index in [1.807, 2.05) is 0 Å². The number of amides is 1. The first-order chi connectivity index (χ1) is 7.79. The zero-order chi connectivity index (χ0) is 11.4. The smallest absolute Gasteiger partial charge is 0.234 e. The number of hydrogen-bond acceptors (Lipinski definition) is 4. The highest BCUT2D eigenvalue weighted by molar-refractivity contribution is 5.78. The quantitative estimate of drug-likeness (QED) is 0.611. The van der Waals surface area contributed by atoms with Gasteiger partial charge in [-0.1, -0.05) is 0 Å². The monoisotopic (exact) mass is 228 g/mol. The number of methoxy groups -OCH3 is 1. The van der Waals surface area contributed by atoms with Crippen molar-refractivity contribution in [2.24, 2.45) is 0 Å². The molecule has 2 bridgehead atoms. The van der Waals surface area contributed by atoms with E-state index in [-0.39, 0.29) is 18.1 Å². The fourth-order valence-corrected chi connectivity index (χ4v) is 2.42. The topological polar surface area (TPSA) is 59.6 Å². The molecular weight excluding hydrogens is 208 g/mol. The van der Waals surface area contributed by atoms with Crippen LogP contribution in [0.3, 0.4) is 0 Å². The Bertz CT molecular complexity index is 247. The molecule has 5 heteroatoms. The third-order valence-electron chi connectivity index (χ3n) is 3.22. The molecule has 0 spiro atoms. The predicted molar refractivity (Wildman–Crippen MR) is 59.2 cm³/mol. The number of hydrogen-bond donors (Lipinski definition) is 2. The molecule has 0 radical (unpaired) electrons. The van der Waals surface area contributed by atoms with Crippen molar-refractivity contribution in [3.8, 4) is 0 Å². The highest BCUT2D eigenvalue weighted by Crippen LogP contribution is 2.34. The molecule has 2 aliphatic heterocycles. The van der Waals surface area contributed by atoms with Crippen LogP contribution >= 0.6 is 0 Å². The van der Waals surface area contributed by atoms with Crippen molar-refractivity contribution < 1.29 is 14.3 Å². The molecule has 2 N–H and O–H groups in total. The molecular formula is C11H20N2O3. The molecule has 2 rings (SSSR count). The predicted octanol–water partition coefficient (Wildman–Crippen LogP) is -0.341. The molecule has 16 heavy (non-hydrogen) atoms. The minimum absolute atomic E-state index is 0.0530. The number of ether oxygens (including phenoxy) is 2. The van der Waals surface area contributed by atoms with Gasteiger partial charge in [0.15, 0.2) is 0 Å². The second-order valence-electron chi connectivity index (χ2n) is 4.45. The van der Waals surface area contributed by atoms with Crippen LogP contribution in [0.2, 0.25) is 0 Å². The molecule has 0 saturated carbocycles. The Morgan fingerprint density at radius 2 is 2.38 bits per heavy atom. The van der Waals surface area contributed by atoms with E-state index in [4.69, 9.17) is 9.47 Å². The maximum Gasteiger partial charge on any atom is 0.234 e. The third kappa shape index (κ3) is 2.93. The lowest BCUT2D eigenvalue weighted by molar-refractivity contribution is -0.121. The summed E-state index contributed by atoms with van der Waals surface area (Å²) in [6, 6.07) is 0.232. The summed E-state index contributed by atoms with van der Waals surface area (Å²) in [4.78, 5) is 11.6. The Morgan fingerprint density at radius 1 is 1.50 bits per heavy atom. The van der Waals surface area contributed by atoms with E-state index >= 15 is 0 Å². The van der Waals surface area contributed by atoms with Crippen LogP contribution in [0, 0.1) is 0 Å². The number of rotatable bonds is 6. The van der Waals surface area contributed by atoms with Crippen LogP contribution in [0.25, 0.3) is 0 Å². The first-order valence-corrected chi connectivity index (χ1v) is 5.94. The Morgan fingerprint density at radius 3 is 3.00 bits per heavy atom. The molecule has 2 fully saturated rings. The van der Waals surface area contributed by atoms with Crippen LogP contribution in [0.4, 0.5) is 0 Å². The van der Waals surface area contributed by atoms with E-state index in [0.717, 1.165) is 19.3 Å². The molecule has 5 nitrogen and oxygen atoms in total. The summed E-state index contributed by atoms with van der Waals surface area (Å²) in [5, 5.41) is 6.05. The summed E-state index contributed by atoms with van der Waals surface area (Å²) >= 11 is 0. The molecule has 2 saturated heterocycles. The number of carbonyl (C=O) groups is 1. The van der Waals surface area contributed by atoms with Crippen LogP contribution in [-0.4, -0.2) is 51.0 Å². The van der Waals surface area contributed by atoms with Crippen molar-refractivity contribution in [1.29, 1.82) is 0 Å². The highest BCUT2D eigenvalue weighted by Gasteiger charge is 2.41. The van der Waals surface area contributed by atoms with Gasteiger partial charge in [-0.25, -0.2) is 0 Å². The van der Waals surface area contributed by atoms with Crippen LogP contribution in [0.5, 0.6) is 0 Å². The van der Waals surface area contributed by atoms with E-state index < -0.39 is 0 Å². The van der Waals surface area contributed by atoms with E-state index in [2.05, 4.69) is 10.6 Å². The SMILES string of the molecule is COCCNCC(=O)NC1CC2CCC1O2. The summed E-state index contributed by atoms with van der Waals surface area (Å²) in [6.07, 6.45) is 3.87. The van der Waals surface area contributed by atoms with Gasteiger partial charge >= 0.3 is 0 Å². The molecule has 2 heterocycles. The zero-order valence-electron chi connectivity index (χ0n) is 9.70. The van der Waals surface area contributed by atoms with Gasteiger partial charge in [0.1, 0.15) is 0 Å². The number of carbonyl (C=O) groups excluding carboxylic acids is 1. The first-order valence-electron chi connectivity index (χ1n) is 5.94. The normalized spacial score (nSPS) is 31.9. The van der Waals surface area contributed by atoms with Gasteiger partial charge in [0.05, 0.1) is 31.4 Å². The maximum absolute atomic E-state index is 11.6. The van der Waals surface area contributed by atoms with Gasteiger partial charge in [0, 0.05) is 13.7 Å². The lowest BCUT2D eigenvalue weighted by Gasteiger charge is -2.20. The Balaban J connectivity index is 1.60. The van der Waals surface area contributed by atoms with Crippen molar-refractivity contribution in [3.63, 3.8) is 0 Å². The molecule has 0 aromatic carbocycles. The second kappa shape index (κ2) is 5.61. The van der Waals surface area contributed by atoms with Crippen molar-refractivity contribution in [2.45, 2.75) is 37.5 Å². The first kappa shape index (κ1) is 11.8. The van der Waals surface area contributed by atoms with E-state index in [1.165, 1.54) is 0 Å². The number of fused-ring (bicyclic) bond motifs is 2. The average Bonchev–Trinajstić information content (AvgIpc) is 2.86. The van der Waals surface area contributed by atoms with Gasteiger partial charge in [-0.05, 0) is 19.3 Å². The summed E-state index contributed by atoms with van der Waals surface area (Å²) in [5.41, 5.74) is 0. The minimum atomic E-state index is 0.0530. The fourth-order valence-electron chi connectivity index (χ4n) is 2.42. The van der Waals surface area contributed by atoms with Gasteiger partial charge < -0.3 is 20.1 Å². The molecule has 0 aromatic rings. The Hall–Kier alpha value is -0.650. The molecule has 3 unspecified atom stereocenters. The third-order valence-corrected chi connectivity index (χ3v) is 3.22. The largest absolute Gasteiger partial charge is 0.383 e. The maximum atomic E-state index is 11.6. The summed E-state index contributed by atoms with van der Waals surface area (Å²) in [5.74, 6) is 0.0530. The molecule has 3 atom stereocenters. The summed E-state index contributed by atoms with van der Waals surface area (Å²) in [6.45, 7) is 1.69. The van der Waals surface area contributed by atoms with Gasteiger partial charge in [-0.15, -0.1) is 0 Å². The van der Waals surface area contributed by atoms with E-state index in [9.17, 15) is 4.79 Å². The van der Waals surface area contributed by atoms with Gasteiger partial charge in [0.2, 0.25) is 5.91 Å². The van der Waals surface area contributed by atoms with Gasteiger partial charge in [0.25, 0.3) is 0 Å². The molecule has 0 aromatic heterocycles. The van der Waals surface area contributed by atoms with Crippen LogP contribution in [0.15, 0.2) is 0 Å². The lowest BCUT2D eigenvalue weighted by Crippen LogP contribution is -2.45. The second-order valence-corrected chi connectivity index (χ2v) is 4.45. The fraction of sp³-hybridized carbons (Fsp3) is 0.909. The Kier molecular flexibility index (Phi) is 4.15. The van der Waals surface area contributed by atoms with Crippen LogP contribution < -0.4 is 10.6 Å². The van der Waals surface area contributed by atoms with Crippen molar-refractivity contribution in [3.05, 3.63) is 0 Å². The summed E-state index contributed by atoms with van der Waals surface area (Å²) < 4.78 is 10.6. The van der Waals surface area contributed by atoms with Gasteiger partial charge in [-0.3, -0.25) is 4.79 Å². The number of nitrogens with one attached hydrogen (secondary N) is 2. The summed E-state index contributed by atoms with van der Waals surface area (Å²) in [7, 11) is 1.65.